The molecule has 0 bridgehead atoms. The average molecular weight is 327 g/mol. The molecule has 0 saturated carbocycles. The summed E-state index contributed by atoms with van der Waals surface area (Å²) in [5.41, 5.74) is 0.607. The van der Waals surface area contributed by atoms with E-state index in [9.17, 15) is 14.7 Å². The molecule has 0 aliphatic carbocycles. The van der Waals surface area contributed by atoms with Crippen molar-refractivity contribution in [1.29, 1.82) is 0 Å². The van der Waals surface area contributed by atoms with Gasteiger partial charge in [0.05, 0.1) is 16.3 Å². The lowest BCUT2D eigenvalue weighted by atomic mass is 10.1. The van der Waals surface area contributed by atoms with Crippen molar-refractivity contribution in [2.24, 2.45) is 7.05 Å². The number of hydrogen-bond donors (Lipinski definition) is 1. The van der Waals surface area contributed by atoms with Crippen molar-refractivity contribution in [3.05, 3.63) is 51.8 Å². The fraction of sp³-hybridized carbons (Fsp3) is 0.143. The summed E-state index contributed by atoms with van der Waals surface area (Å²) in [5.74, 6) is -1.51. The van der Waals surface area contributed by atoms with Gasteiger partial charge in [-0.3, -0.25) is 4.79 Å². The third kappa shape index (κ3) is 2.75. The van der Waals surface area contributed by atoms with Crippen LogP contribution in [-0.2, 0) is 7.05 Å². The number of nitrogens with zero attached hydrogens (tertiary/aromatic N) is 2. The highest BCUT2D eigenvalue weighted by Gasteiger charge is 2.23. The van der Waals surface area contributed by atoms with E-state index in [0.717, 1.165) is 0 Å². The number of halogens is 2. The van der Waals surface area contributed by atoms with Crippen LogP contribution in [0.3, 0.4) is 0 Å². The van der Waals surface area contributed by atoms with Crippen molar-refractivity contribution in [2.45, 2.75) is 0 Å². The molecule has 2 rings (SSSR count). The summed E-state index contributed by atoms with van der Waals surface area (Å²) in [5, 5.41) is 9.70. The van der Waals surface area contributed by atoms with Gasteiger partial charge in [-0.05, 0) is 18.2 Å². The minimum absolute atomic E-state index is 0.0414. The molecule has 5 nitrogen and oxygen atoms in total. The SMILES string of the molecule is CN(C(=O)c1cc(Cl)c(Cl)n1C)c1ccccc1C(=O)O. The molecule has 1 aromatic heterocycles. The maximum atomic E-state index is 12.5. The van der Waals surface area contributed by atoms with E-state index in [1.165, 1.54) is 28.6 Å². The van der Waals surface area contributed by atoms with Crippen molar-refractivity contribution in [1.82, 2.24) is 4.57 Å². The van der Waals surface area contributed by atoms with Crippen LogP contribution in [0.2, 0.25) is 10.2 Å². The van der Waals surface area contributed by atoms with Crippen LogP contribution in [0.1, 0.15) is 20.8 Å². The van der Waals surface area contributed by atoms with Gasteiger partial charge in [-0.2, -0.15) is 0 Å². The van der Waals surface area contributed by atoms with Crippen LogP contribution in [0, 0.1) is 0 Å². The fourth-order valence-corrected chi connectivity index (χ4v) is 2.35. The minimum Gasteiger partial charge on any atom is -0.478 e. The Morgan fingerprint density at radius 3 is 2.38 bits per heavy atom. The zero-order valence-electron chi connectivity index (χ0n) is 11.3. The lowest BCUT2D eigenvalue weighted by molar-refractivity contribution is 0.0697. The second kappa shape index (κ2) is 5.79. The number of aromatic carboxylic acids is 1. The highest BCUT2D eigenvalue weighted by atomic mass is 35.5. The first kappa shape index (κ1) is 15.4. The second-order valence-electron chi connectivity index (χ2n) is 4.41. The average Bonchev–Trinajstić information content (AvgIpc) is 2.73. The van der Waals surface area contributed by atoms with Crippen LogP contribution in [0.5, 0.6) is 0 Å². The first-order chi connectivity index (χ1) is 9.84. The number of carboxylic acid groups (broad SMARTS) is 1. The summed E-state index contributed by atoms with van der Waals surface area (Å²) in [4.78, 5) is 25.0. The zero-order valence-corrected chi connectivity index (χ0v) is 12.8. The predicted molar refractivity (Wildman–Crippen MR) is 81.6 cm³/mol. The molecule has 0 aliphatic rings. The minimum atomic E-state index is -1.10. The van der Waals surface area contributed by atoms with E-state index in [-0.39, 0.29) is 21.4 Å². The largest absolute Gasteiger partial charge is 0.478 e. The van der Waals surface area contributed by atoms with Gasteiger partial charge in [0.1, 0.15) is 10.8 Å². The second-order valence-corrected chi connectivity index (χ2v) is 5.18. The number of anilines is 1. The topological polar surface area (TPSA) is 62.5 Å². The van der Waals surface area contributed by atoms with E-state index in [1.807, 2.05) is 0 Å². The molecule has 2 aromatic rings. The van der Waals surface area contributed by atoms with Gasteiger partial charge in [0.25, 0.3) is 5.91 Å². The highest BCUT2D eigenvalue weighted by molar-refractivity contribution is 6.42. The Balaban J connectivity index is 2.45. The van der Waals surface area contributed by atoms with Gasteiger partial charge in [-0.15, -0.1) is 0 Å². The van der Waals surface area contributed by atoms with Crippen LogP contribution >= 0.6 is 23.2 Å². The summed E-state index contributed by atoms with van der Waals surface area (Å²) in [6.07, 6.45) is 0. The first-order valence-electron chi connectivity index (χ1n) is 5.95. The predicted octanol–water partition coefficient (Wildman–Crippen LogP) is 3.31. The Kier molecular flexibility index (Phi) is 4.25. The molecule has 7 heteroatoms. The molecule has 0 unspecified atom stereocenters. The van der Waals surface area contributed by atoms with E-state index in [0.29, 0.717) is 5.69 Å². The molecule has 0 atom stereocenters. The van der Waals surface area contributed by atoms with Crippen molar-refractivity contribution in [3.63, 3.8) is 0 Å². The molecular formula is C14H12Cl2N2O3. The van der Waals surface area contributed by atoms with E-state index < -0.39 is 11.9 Å². The van der Waals surface area contributed by atoms with Gasteiger partial charge in [-0.25, -0.2) is 4.79 Å². The summed E-state index contributed by atoms with van der Waals surface area (Å²) in [6, 6.07) is 7.71. The molecule has 1 N–H and O–H groups in total. The van der Waals surface area contributed by atoms with Crippen LogP contribution < -0.4 is 4.90 Å². The lowest BCUT2D eigenvalue weighted by Gasteiger charge is -2.19. The molecule has 1 amide bonds. The third-order valence-corrected chi connectivity index (χ3v) is 3.98. The Morgan fingerprint density at radius 1 is 1.24 bits per heavy atom. The van der Waals surface area contributed by atoms with E-state index >= 15 is 0 Å². The van der Waals surface area contributed by atoms with Gasteiger partial charge in [-0.1, -0.05) is 35.3 Å². The lowest BCUT2D eigenvalue weighted by Crippen LogP contribution is -2.29. The highest BCUT2D eigenvalue weighted by Crippen LogP contribution is 2.27. The fourth-order valence-electron chi connectivity index (χ4n) is 1.98. The molecule has 0 aliphatic heterocycles. The number of aromatic nitrogens is 1. The van der Waals surface area contributed by atoms with E-state index in [1.54, 1.807) is 25.2 Å². The van der Waals surface area contributed by atoms with E-state index in [2.05, 4.69) is 0 Å². The maximum absolute atomic E-state index is 12.5. The normalized spacial score (nSPS) is 10.5. The van der Waals surface area contributed by atoms with Crippen LogP contribution in [0.25, 0.3) is 0 Å². The van der Waals surface area contributed by atoms with Gasteiger partial charge in [0.15, 0.2) is 0 Å². The van der Waals surface area contributed by atoms with Gasteiger partial charge >= 0.3 is 5.97 Å². The molecule has 21 heavy (non-hydrogen) atoms. The van der Waals surface area contributed by atoms with Crippen LogP contribution in [0.4, 0.5) is 5.69 Å². The number of carboxylic acids is 1. The maximum Gasteiger partial charge on any atom is 0.337 e. The molecule has 1 aromatic carbocycles. The van der Waals surface area contributed by atoms with Gasteiger partial charge < -0.3 is 14.6 Å². The Labute approximate surface area is 131 Å². The zero-order chi connectivity index (χ0) is 15.7. The van der Waals surface area contributed by atoms with Crippen LogP contribution in [-0.4, -0.2) is 28.6 Å². The molecule has 0 spiro atoms. The number of rotatable bonds is 3. The number of para-hydroxylation sites is 1. The van der Waals surface area contributed by atoms with Crippen molar-refractivity contribution < 1.29 is 14.7 Å². The summed E-state index contributed by atoms with van der Waals surface area (Å²) in [6.45, 7) is 0. The van der Waals surface area contributed by atoms with Crippen molar-refractivity contribution in [3.8, 4) is 0 Å². The summed E-state index contributed by atoms with van der Waals surface area (Å²) < 4.78 is 1.45. The quantitative estimate of drug-likeness (QED) is 0.941. The van der Waals surface area contributed by atoms with Gasteiger partial charge in [0.2, 0.25) is 0 Å². The number of carbonyl (C=O) groups excluding carboxylic acids is 1. The third-order valence-electron chi connectivity index (χ3n) is 3.14. The standard InChI is InChI=1S/C14H12Cl2N2O3/c1-17-11(7-9(15)12(17)16)13(19)18(2)10-6-4-3-5-8(10)14(20)21/h3-7H,1-2H3,(H,20,21). The molecule has 0 saturated heterocycles. The van der Waals surface area contributed by atoms with Gasteiger partial charge in [0, 0.05) is 14.1 Å². The summed E-state index contributed by atoms with van der Waals surface area (Å²) in [7, 11) is 3.11. The summed E-state index contributed by atoms with van der Waals surface area (Å²) >= 11 is 11.8. The number of carbonyl (C=O) groups is 2. The Morgan fingerprint density at radius 2 is 1.86 bits per heavy atom. The van der Waals surface area contributed by atoms with E-state index in [4.69, 9.17) is 23.2 Å². The monoisotopic (exact) mass is 326 g/mol. The first-order valence-corrected chi connectivity index (χ1v) is 6.71. The van der Waals surface area contributed by atoms with Crippen molar-refractivity contribution in [2.75, 3.05) is 11.9 Å². The molecule has 0 radical (unpaired) electrons. The molecule has 1 heterocycles. The molecular weight excluding hydrogens is 315 g/mol. The Bertz CT molecular complexity index is 725. The Hall–Kier alpha value is -1.98. The number of hydrogen-bond acceptors (Lipinski definition) is 2. The number of amides is 1. The molecule has 110 valence electrons. The smallest absolute Gasteiger partial charge is 0.337 e. The van der Waals surface area contributed by atoms with Crippen molar-refractivity contribution >= 4 is 40.8 Å². The number of benzene rings is 1. The van der Waals surface area contributed by atoms with Crippen LogP contribution in [0.15, 0.2) is 30.3 Å². The molecule has 0 fully saturated rings.